The summed E-state index contributed by atoms with van der Waals surface area (Å²) in [7, 11) is -3.79. The number of hydrogen-bond acceptors (Lipinski definition) is 9. The Labute approximate surface area is 670 Å². The van der Waals surface area contributed by atoms with Crippen LogP contribution in [0.4, 0.5) is 13.2 Å². The van der Waals surface area contributed by atoms with Gasteiger partial charge in [0.2, 0.25) is 0 Å². The van der Waals surface area contributed by atoms with Crippen molar-refractivity contribution < 1.29 is 45.3 Å². The third kappa shape index (κ3) is 15.0. The van der Waals surface area contributed by atoms with Crippen LogP contribution in [0, 0.1) is 0 Å². The van der Waals surface area contributed by atoms with Gasteiger partial charge in [-0.2, -0.15) is 21.6 Å². The van der Waals surface area contributed by atoms with E-state index in [0.29, 0.717) is 11.0 Å². The van der Waals surface area contributed by atoms with Gasteiger partial charge in [0, 0.05) is 35.0 Å². The lowest BCUT2D eigenvalue weighted by molar-refractivity contribution is -0.0500. The van der Waals surface area contributed by atoms with E-state index in [4.69, 9.17) is 9.47 Å². The number of rotatable bonds is 12. The van der Waals surface area contributed by atoms with E-state index in [2.05, 4.69) is 198 Å². The molecule has 2 aliphatic rings. The van der Waals surface area contributed by atoms with Crippen LogP contribution in [0.3, 0.4) is 0 Å². The third-order valence-electron chi connectivity index (χ3n) is 22.6. The van der Waals surface area contributed by atoms with Gasteiger partial charge >= 0.3 is 22.7 Å². The maximum absolute atomic E-state index is 12.7. The Morgan fingerprint density at radius 2 is 0.728 bits per heavy atom. The van der Waals surface area contributed by atoms with Gasteiger partial charge in [-0.3, -0.25) is 0 Å². The summed E-state index contributed by atoms with van der Waals surface area (Å²) >= 11 is 3.49. The van der Waals surface area contributed by atoms with Gasteiger partial charge in [-0.05, 0) is 211 Å². The standard InChI is InChI=1S/C36H22S.C26H35O2P.C25H15F3O3S.C12H9BO2S/c1-2-13-29-27(11-1)28-12-3-4-14-30(28)34-22-24(19-20-31(29)34)23-9-7-10-25(21-23)26-16-8-17-33-32-15-5-6-18-35(32)37-36(26)33;1-27-23-17-11-18-24(28-2)26(23)22-16-9-10-19-25(22)29(20-12-5-3-6-13-20)21-14-7-4-8-15-21;26-25(27,28)32(29,30)31-18-7-5-6-16(14-18)17-12-13-23-21-10-2-1-8-19(21)20-9-3-4-11-22(20)24(23)15-17;14-13(15)10-6-3-5-9-8-4-1-2-7-11(8)16-12(9)10/h1-22H;9-11,16-21H,3-8,12-15H2,1-2H3;1-15H;1-7,14-15H. The van der Waals surface area contributed by atoms with Crippen molar-refractivity contribution in [3.8, 4) is 61.8 Å². The first-order valence-electron chi connectivity index (χ1n) is 38.8. The SMILES string of the molecule is COc1cccc(OC)c1-c1ccccc1P(C1CCCCC1)C1CCCCC1.O=S(=O)(Oc1cccc(-c2ccc3c4ccccc4c4ccccc4c3c2)c1)C(F)(F)F.OB(O)c1cccc2c1sc1ccccc12.c1cc(-c2ccc3c4ccccc4c4ccccc4c3c2)cc(-c2cccc3c2sc2ccccc23)c1. The van der Waals surface area contributed by atoms with Gasteiger partial charge < -0.3 is 23.7 Å². The van der Waals surface area contributed by atoms with Crippen molar-refractivity contribution in [2.45, 2.75) is 81.0 Å². The van der Waals surface area contributed by atoms with E-state index < -0.39 is 28.5 Å². The highest BCUT2D eigenvalue weighted by atomic mass is 32.2. The summed E-state index contributed by atoms with van der Waals surface area (Å²) in [5.74, 6) is 1.43. The summed E-state index contributed by atoms with van der Waals surface area (Å²) in [6.07, 6.45) is 14.2. The molecule has 2 saturated carbocycles. The molecule has 16 aromatic carbocycles. The van der Waals surface area contributed by atoms with E-state index in [-0.39, 0.29) is 7.92 Å². The van der Waals surface area contributed by atoms with E-state index in [9.17, 15) is 31.6 Å². The summed E-state index contributed by atoms with van der Waals surface area (Å²) in [4.78, 5) is 0. The third-order valence-corrected chi connectivity index (χ3v) is 29.6. The molecule has 0 unspecified atom stereocenters. The Kier molecular flexibility index (Phi) is 21.8. The number of benzene rings is 16. The zero-order valence-electron chi connectivity index (χ0n) is 63.0. The molecule has 114 heavy (non-hydrogen) atoms. The highest BCUT2D eigenvalue weighted by molar-refractivity contribution is 7.88. The summed E-state index contributed by atoms with van der Waals surface area (Å²) in [5.41, 5.74) is 5.64. The first kappa shape index (κ1) is 75.7. The maximum Gasteiger partial charge on any atom is 0.534 e. The highest BCUT2D eigenvalue weighted by Crippen LogP contribution is 2.57. The topological polar surface area (TPSA) is 102 Å². The lowest BCUT2D eigenvalue weighted by Gasteiger charge is -2.39. The van der Waals surface area contributed by atoms with Gasteiger partial charge in [0.1, 0.15) is 17.2 Å². The molecule has 0 bridgehead atoms. The van der Waals surface area contributed by atoms with E-state index in [1.54, 1.807) is 43.0 Å². The second-order valence-electron chi connectivity index (χ2n) is 29.3. The molecule has 15 heteroatoms. The minimum Gasteiger partial charge on any atom is -0.496 e. The van der Waals surface area contributed by atoms with E-state index in [0.717, 1.165) is 76.3 Å². The Hall–Kier alpha value is -10.9. The zero-order valence-corrected chi connectivity index (χ0v) is 66.3. The van der Waals surface area contributed by atoms with Crippen molar-refractivity contribution in [2.75, 3.05) is 14.2 Å². The first-order chi connectivity index (χ1) is 55.7. The van der Waals surface area contributed by atoms with Crippen LogP contribution in [0.2, 0.25) is 0 Å². The molecule has 7 nitrogen and oxygen atoms in total. The van der Waals surface area contributed by atoms with Gasteiger partial charge in [-0.15, -0.1) is 22.7 Å². The van der Waals surface area contributed by atoms with Crippen LogP contribution in [-0.4, -0.2) is 56.6 Å². The fourth-order valence-corrected chi connectivity index (χ4v) is 24.2. The molecular formula is C99H81BF3O7PS3. The maximum atomic E-state index is 12.7. The number of thiophene rings is 2. The number of hydrogen-bond donors (Lipinski definition) is 2. The number of methoxy groups -OCH3 is 2. The molecule has 2 aromatic heterocycles. The van der Waals surface area contributed by atoms with Crippen molar-refractivity contribution in [1.82, 2.24) is 0 Å². The Morgan fingerprint density at radius 1 is 0.360 bits per heavy atom. The number of alkyl halides is 3. The van der Waals surface area contributed by atoms with E-state index in [1.165, 1.54) is 173 Å². The molecule has 0 radical (unpaired) electrons. The Bertz CT molecular complexity index is 6640. The molecule has 0 saturated heterocycles. The molecule has 566 valence electrons. The molecule has 2 fully saturated rings. The summed E-state index contributed by atoms with van der Waals surface area (Å²) in [5, 5.41) is 39.4. The predicted octanol–water partition coefficient (Wildman–Crippen LogP) is 26.8. The van der Waals surface area contributed by atoms with Crippen LogP contribution in [0.5, 0.6) is 17.2 Å². The predicted molar refractivity (Wildman–Crippen MR) is 477 cm³/mol. The normalized spacial score (nSPS) is 13.6. The average molecular weight is 1580 g/mol. The average Bonchev–Trinajstić information content (AvgIpc) is 1.07. The minimum atomic E-state index is -5.74. The smallest absolute Gasteiger partial charge is 0.496 e. The monoisotopic (exact) mass is 1580 g/mol. The van der Waals surface area contributed by atoms with Crippen molar-refractivity contribution in [2.24, 2.45) is 0 Å². The van der Waals surface area contributed by atoms with Gasteiger partial charge in [-0.25, -0.2) is 0 Å². The highest BCUT2D eigenvalue weighted by Gasteiger charge is 2.48. The zero-order chi connectivity index (χ0) is 78.0. The van der Waals surface area contributed by atoms with Gasteiger partial charge in [0.25, 0.3) is 0 Å². The molecule has 0 amide bonds. The molecule has 0 atom stereocenters. The van der Waals surface area contributed by atoms with Crippen LogP contribution in [-0.2, 0) is 10.1 Å². The Morgan fingerprint density at radius 3 is 1.22 bits per heavy atom. The number of halogens is 3. The second-order valence-corrected chi connectivity index (χ2v) is 35.7. The van der Waals surface area contributed by atoms with Gasteiger partial charge in [-0.1, -0.05) is 301 Å². The van der Waals surface area contributed by atoms with Crippen LogP contribution in [0.15, 0.2) is 309 Å². The fourth-order valence-electron chi connectivity index (χ4n) is 17.3. The summed E-state index contributed by atoms with van der Waals surface area (Å²) in [6, 6.07) is 106. The summed E-state index contributed by atoms with van der Waals surface area (Å²) < 4.78 is 81.5. The quantitative estimate of drug-likeness (QED) is 0.0413. The molecule has 0 spiro atoms. The molecule has 2 aliphatic carbocycles. The lowest BCUT2D eigenvalue weighted by Crippen LogP contribution is -2.29. The van der Waals surface area contributed by atoms with Crippen molar-refractivity contribution >= 4 is 164 Å². The number of ether oxygens (including phenoxy) is 2. The first-order valence-corrected chi connectivity index (χ1v) is 43.4. The lowest BCUT2D eigenvalue weighted by atomic mass is 9.80. The number of fused-ring (bicyclic) bond motifs is 18. The van der Waals surface area contributed by atoms with Crippen LogP contribution in [0.25, 0.3) is 149 Å². The summed E-state index contributed by atoms with van der Waals surface area (Å²) in [6.45, 7) is 0. The van der Waals surface area contributed by atoms with Crippen molar-refractivity contribution in [3.63, 3.8) is 0 Å². The molecule has 18 aromatic rings. The van der Waals surface area contributed by atoms with Crippen LogP contribution >= 0.6 is 30.6 Å². The van der Waals surface area contributed by atoms with Crippen molar-refractivity contribution in [1.29, 1.82) is 0 Å². The molecule has 20 rings (SSSR count). The van der Waals surface area contributed by atoms with E-state index >= 15 is 0 Å². The van der Waals surface area contributed by atoms with Crippen molar-refractivity contribution in [3.05, 3.63) is 309 Å². The molecule has 2 N–H and O–H groups in total. The molecular weight excluding hydrogens is 1500 g/mol. The van der Waals surface area contributed by atoms with Crippen LogP contribution in [0.1, 0.15) is 64.2 Å². The molecule has 2 heterocycles. The second kappa shape index (κ2) is 32.9. The molecule has 0 aliphatic heterocycles. The van der Waals surface area contributed by atoms with E-state index in [1.807, 2.05) is 96.3 Å². The van der Waals surface area contributed by atoms with Gasteiger partial charge in [0.15, 0.2) is 0 Å². The largest absolute Gasteiger partial charge is 0.534 e. The van der Waals surface area contributed by atoms with Gasteiger partial charge in [0.05, 0.1) is 19.8 Å². The Balaban J connectivity index is 0.000000113. The van der Waals surface area contributed by atoms with Crippen LogP contribution < -0.4 is 24.4 Å². The fraction of sp³-hybridized carbons (Fsp3) is 0.152. The minimum absolute atomic E-state index is 0.182.